The molecule has 1 aromatic carbocycles. The van der Waals surface area contributed by atoms with Crippen LogP contribution in [-0.4, -0.2) is 49.2 Å². The zero-order chi connectivity index (χ0) is 18.6. The van der Waals surface area contributed by atoms with Crippen molar-refractivity contribution >= 4 is 34.9 Å². The fourth-order valence-electron chi connectivity index (χ4n) is 2.93. The predicted octanol–water partition coefficient (Wildman–Crippen LogP) is 2.95. The fourth-order valence-corrected chi connectivity index (χ4v) is 4.49. The average molecular weight is 400 g/mol. The number of rotatable bonds is 8. The molecule has 2 aromatic heterocycles. The van der Waals surface area contributed by atoms with Gasteiger partial charge in [0.2, 0.25) is 5.16 Å². The molecule has 0 spiro atoms. The Labute approximate surface area is 164 Å². The van der Waals surface area contributed by atoms with Crippen molar-refractivity contribution < 1.29 is 9.59 Å². The van der Waals surface area contributed by atoms with Gasteiger partial charge in [0.1, 0.15) is 0 Å². The number of nitrogens with zero attached hydrogens (tertiary/aromatic N) is 5. The highest BCUT2D eigenvalue weighted by molar-refractivity contribution is 7.99. The summed E-state index contributed by atoms with van der Waals surface area (Å²) in [4.78, 5) is 27.2. The van der Waals surface area contributed by atoms with Crippen molar-refractivity contribution in [3.8, 4) is 0 Å². The zero-order valence-corrected chi connectivity index (χ0v) is 16.1. The average Bonchev–Trinajstić information content (AvgIpc) is 3.40. The van der Waals surface area contributed by atoms with E-state index in [0.29, 0.717) is 24.2 Å². The maximum atomic E-state index is 12.3. The SMILES string of the molecule is O=C1c2ccccc2C(=O)N1CCCCSc1nnnn1Cc1cccs1. The number of imide groups is 1. The van der Waals surface area contributed by atoms with Crippen molar-refractivity contribution in [1.82, 2.24) is 25.1 Å². The van der Waals surface area contributed by atoms with E-state index in [-0.39, 0.29) is 11.8 Å². The van der Waals surface area contributed by atoms with E-state index in [2.05, 4.69) is 21.6 Å². The molecule has 0 bridgehead atoms. The van der Waals surface area contributed by atoms with Crippen molar-refractivity contribution in [2.45, 2.75) is 24.5 Å². The molecule has 9 heteroatoms. The first kappa shape index (κ1) is 17.9. The minimum atomic E-state index is -0.192. The second-order valence-electron chi connectivity index (χ2n) is 6.06. The Morgan fingerprint density at radius 3 is 2.48 bits per heavy atom. The Kier molecular flexibility index (Phi) is 5.30. The van der Waals surface area contributed by atoms with Crippen LogP contribution in [0.3, 0.4) is 0 Å². The second-order valence-corrected chi connectivity index (χ2v) is 8.16. The van der Waals surface area contributed by atoms with Gasteiger partial charge >= 0.3 is 0 Å². The van der Waals surface area contributed by atoms with Crippen LogP contribution in [0.5, 0.6) is 0 Å². The molecule has 4 rings (SSSR count). The van der Waals surface area contributed by atoms with Crippen molar-refractivity contribution in [3.05, 3.63) is 57.8 Å². The molecular weight excluding hydrogens is 382 g/mol. The number of unbranched alkanes of at least 4 members (excludes halogenated alkanes) is 1. The Morgan fingerprint density at radius 2 is 1.78 bits per heavy atom. The number of carbonyl (C=O) groups is 2. The number of tetrazole rings is 1. The molecule has 0 atom stereocenters. The summed E-state index contributed by atoms with van der Waals surface area (Å²) in [6.45, 7) is 1.11. The molecule has 0 saturated carbocycles. The number of thiophene rings is 1. The first-order valence-electron chi connectivity index (χ1n) is 8.60. The predicted molar refractivity (Wildman–Crippen MR) is 103 cm³/mol. The van der Waals surface area contributed by atoms with Crippen LogP contribution in [0.1, 0.15) is 38.4 Å². The number of thioether (sulfide) groups is 1. The van der Waals surface area contributed by atoms with E-state index in [1.807, 2.05) is 11.4 Å². The summed E-state index contributed by atoms with van der Waals surface area (Å²) in [6.07, 6.45) is 1.62. The number of fused-ring (bicyclic) bond motifs is 1. The van der Waals surface area contributed by atoms with Crippen LogP contribution in [0.25, 0.3) is 0 Å². The molecule has 2 amide bonds. The summed E-state index contributed by atoms with van der Waals surface area (Å²) in [5.41, 5.74) is 1.01. The van der Waals surface area contributed by atoms with E-state index >= 15 is 0 Å². The van der Waals surface area contributed by atoms with Gasteiger partial charge < -0.3 is 0 Å². The largest absolute Gasteiger partial charge is 0.274 e. The lowest BCUT2D eigenvalue weighted by Crippen LogP contribution is -2.30. The highest BCUT2D eigenvalue weighted by atomic mass is 32.2. The second kappa shape index (κ2) is 8.01. The van der Waals surface area contributed by atoms with Gasteiger partial charge in [-0.1, -0.05) is 30.0 Å². The fraction of sp³-hybridized carbons (Fsp3) is 0.278. The smallest absolute Gasteiger partial charge is 0.261 e. The molecule has 27 heavy (non-hydrogen) atoms. The Hall–Kier alpha value is -2.52. The van der Waals surface area contributed by atoms with E-state index in [1.165, 1.54) is 9.78 Å². The molecule has 3 aromatic rings. The molecule has 138 valence electrons. The molecule has 0 aliphatic carbocycles. The number of hydrogen-bond donors (Lipinski definition) is 0. The van der Waals surface area contributed by atoms with Crippen LogP contribution in [0, 0.1) is 0 Å². The standard InChI is InChI=1S/C18H17N5O2S2/c24-16-14-7-1-2-8-15(14)17(25)22(16)9-3-4-10-27-18-19-20-21-23(18)12-13-6-5-11-26-13/h1-2,5-8,11H,3-4,9-10,12H2. The van der Waals surface area contributed by atoms with Crippen LogP contribution in [0.15, 0.2) is 46.9 Å². The topological polar surface area (TPSA) is 81.0 Å². The number of hydrogen-bond acceptors (Lipinski definition) is 7. The number of amides is 2. The summed E-state index contributed by atoms with van der Waals surface area (Å²) in [5, 5.41) is 14.7. The molecule has 7 nitrogen and oxygen atoms in total. The van der Waals surface area contributed by atoms with Gasteiger partial charge in [-0.2, -0.15) is 0 Å². The number of aromatic nitrogens is 4. The van der Waals surface area contributed by atoms with Gasteiger partial charge in [0.15, 0.2) is 0 Å². The van der Waals surface area contributed by atoms with E-state index < -0.39 is 0 Å². The Balaban J connectivity index is 1.25. The molecule has 0 saturated heterocycles. The Morgan fingerprint density at radius 1 is 1.00 bits per heavy atom. The molecule has 0 fully saturated rings. The van der Waals surface area contributed by atoms with E-state index in [9.17, 15) is 9.59 Å². The molecular formula is C18H17N5O2S2. The molecule has 3 heterocycles. The quantitative estimate of drug-likeness (QED) is 0.329. The van der Waals surface area contributed by atoms with Gasteiger partial charge in [-0.25, -0.2) is 4.68 Å². The molecule has 0 unspecified atom stereocenters. The summed E-state index contributed by atoms with van der Waals surface area (Å²) in [7, 11) is 0. The summed E-state index contributed by atoms with van der Waals surface area (Å²) < 4.78 is 1.79. The third-order valence-electron chi connectivity index (χ3n) is 4.27. The van der Waals surface area contributed by atoms with Gasteiger partial charge in [0.25, 0.3) is 11.8 Å². The van der Waals surface area contributed by atoms with Crippen LogP contribution < -0.4 is 0 Å². The zero-order valence-electron chi connectivity index (χ0n) is 14.4. The van der Waals surface area contributed by atoms with Gasteiger partial charge in [-0.05, 0) is 46.8 Å². The highest BCUT2D eigenvalue weighted by Gasteiger charge is 2.34. The lowest BCUT2D eigenvalue weighted by atomic mass is 10.1. The van der Waals surface area contributed by atoms with E-state index in [1.54, 1.807) is 52.0 Å². The lowest BCUT2D eigenvalue weighted by Gasteiger charge is -2.13. The lowest BCUT2D eigenvalue weighted by molar-refractivity contribution is 0.0652. The monoisotopic (exact) mass is 399 g/mol. The molecule has 1 aliphatic rings. The summed E-state index contributed by atoms with van der Waals surface area (Å²) >= 11 is 3.27. The summed E-state index contributed by atoms with van der Waals surface area (Å²) in [5.74, 6) is 0.444. The van der Waals surface area contributed by atoms with Crippen LogP contribution in [0.4, 0.5) is 0 Å². The van der Waals surface area contributed by atoms with Gasteiger partial charge in [0.05, 0.1) is 17.7 Å². The highest BCUT2D eigenvalue weighted by Crippen LogP contribution is 2.23. The minimum absolute atomic E-state index is 0.192. The Bertz CT molecular complexity index is 919. The minimum Gasteiger partial charge on any atom is -0.274 e. The van der Waals surface area contributed by atoms with Gasteiger partial charge in [0, 0.05) is 17.2 Å². The van der Waals surface area contributed by atoms with Crippen molar-refractivity contribution in [2.75, 3.05) is 12.3 Å². The molecule has 0 N–H and O–H groups in total. The maximum Gasteiger partial charge on any atom is 0.261 e. The third-order valence-corrected chi connectivity index (χ3v) is 6.17. The maximum absolute atomic E-state index is 12.3. The third kappa shape index (κ3) is 3.79. The van der Waals surface area contributed by atoms with Gasteiger partial charge in [-0.15, -0.1) is 16.4 Å². The van der Waals surface area contributed by atoms with E-state index in [4.69, 9.17) is 0 Å². The molecule has 1 aliphatic heterocycles. The number of carbonyl (C=O) groups excluding carboxylic acids is 2. The van der Waals surface area contributed by atoms with Crippen molar-refractivity contribution in [3.63, 3.8) is 0 Å². The van der Waals surface area contributed by atoms with E-state index in [0.717, 1.165) is 23.8 Å². The first-order valence-corrected chi connectivity index (χ1v) is 10.5. The van der Waals surface area contributed by atoms with Gasteiger partial charge in [-0.3, -0.25) is 14.5 Å². The van der Waals surface area contributed by atoms with Crippen molar-refractivity contribution in [1.29, 1.82) is 0 Å². The normalized spacial score (nSPS) is 13.4. The van der Waals surface area contributed by atoms with Crippen LogP contribution in [-0.2, 0) is 6.54 Å². The van der Waals surface area contributed by atoms with Crippen LogP contribution in [0.2, 0.25) is 0 Å². The van der Waals surface area contributed by atoms with Crippen LogP contribution >= 0.6 is 23.1 Å². The molecule has 0 radical (unpaired) electrons. The first-order chi connectivity index (χ1) is 13.2. The number of benzene rings is 1. The summed E-state index contributed by atoms with van der Waals surface area (Å²) in [6, 6.07) is 11.0. The van der Waals surface area contributed by atoms with Crippen molar-refractivity contribution in [2.24, 2.45) is 0 Å².